The van der Waals surface area contributed by atoms with Gasteiger partial charge < -0.3 is 4.90 Å². The Bertz CT molecular complexity index is 3460. The van der Waals surface area contributed by atoms with Crippen molar-refractivity contribution in [2.24, 2.45) is 0 Å². The van der Waals surface area contributed by atoms with Gasteiger partial charge in [0.2, 0.25) is 0 Å². The Kier molecular flexibility index (Phi) is 7.59. The Labute approximate surface area is 361 Å². The summed E-state index contributed by atoms with van der Waals surface area (Å²) in [5.74, 6) is 0. The van der Waals surface area contributed by atoms with Crippen molar-refractivity contribution in [2.75, 3.05) is 4.90 Å². The number of nitrogens with zero attached hydrogens (tertiary/aromatic N) is 1. The van der Waals surface area contributed by atoms with Gasteiger partial charge in [0.1, 0.15) is 0 Å². The average molecular weight is 786 g/mol. The highest BCUT2D eigenvalue weighted by molar-refractivity contribution is 6.25. The summed E-state index contributed by atoms with van der Waals surface area (Å²) in [5, 5.41) is 7.61. The number of anilines is 3. The van der Waals surface area contributed by atoms with Crippen molar-refractivity contribution in [2.45, 2.75) is 5.41 Å². The van der Waals surface area contributed by atoms with Crippen LogP contribution in [-0.4, -0.2) is 0 Å². The van der Waals surface area contributed by atoms with Crippen molar-refractivity contribution in [1.29, 1.82) is 0 Å². The van der Waals surface area contributed by atoms with Crippen LogP contribution in [0.1, 0.15) is 22.3 Å². The topological polar surface area (TPSA) is 3.24 Å². The minimum absolute atomic E-state index is 0.435. The summed E-state index contributed by atoms with van der Waals surface area (Å²) in [7, 11) is 0. The van der Waals surface area contributed by atoms with E-state index in [1.807, 2.05) is 0 Å². The summed E-state index contributed by atoms with van der Waals surface area (Å²) < 4.78 is 0. The molecule has 2 aliphatic rings. The van der Waals surface area contributed by atoms with Gasteiger partial charge >= 0.3 is 0 Å². The standard InChI is InChI=1S/C61H39N/c1-2-14-40(15-3-1)41-26-28-42(29-27-41)43-30-32-44(33-31-43)62(45-34-36-51-49-18-5-4-16-47(49)48-17-6-7-19-50(48)56(51)38-45)46-35-37-55-54-22-10-13-25-59(54)61(60(55)39-46)57-23-11-8-20-52(57)53-21-9-12-24-58(53)61/h1-39H. The van der Waals surface area contributed by atoms with Gasteiger partial charge in [-0.15, -0.1) is 0 Å². The first-order valence-corrected chi connectivity index (χ1v) is 21.6. The largest absolute Gasteiger partial charge is 0.310 e. The van der Waals surface area contributed by atoms with Crippen LogP contribution in [0.25, 0.3) is 76.8 Å². The van der Waals surface area contributed by atoms with E-state index in [-0.39, 0.29) is 0 Å². The van der Waals surface area contributed by atoms with Crippen LogP contribution in [0.5, 0.6) is 0 Å². The Morgan fingerprint density at radius 3 is 1.11 bits per heavy atom. The van der Waals surface area contributed by atoms with Gasteiger partial charge in [0.15, 0.2) is 0 Å². The molecule has 0 fully saturated rings. The summed E-state index contributed by atoms with van der Waals surface area (Å²) in [5.41, 5.74) is 18.3. The Hall–Kier alpha value is -8.00. The number of rotatable bonds is 5. The zero-order chi connectivity index (χ0) is 40.8. The lowest BCUT2D eigenvalue weighted by molar-refractivity contribution is 0.793. The number of benzene rings is 11. The lowest BCUT2D eigenvalue weighted by Gasteiger charge is -2.32. The molecule has 288 valence electrons. The predicted octanol–water partition coefficient (Wildman–Crippen LogP) is 16.3. The normalized spacial score (nSPS) is 13.0. The Balaban J connectivity index is 1.03. The molecule has 0 atom stereocenters. The van der Waals surface area contributed by atoms with Gasteiger partial charge in [0, 0.05) is 17.1 Å². The number of fused-ring (bicyclic) bond motifs is 16. The molecule has 0 N–H and O–H groups in total. The van der Waals surface area contributed by atoms with E-state index in [0.717, 1.165) is 17.1 Å². The fourth-order valence-electron chi connectivity index (χ4n) is 11.0. The van der Waals surface area contributed by atoms with E-state index >= 15 is 0 Å². The molecule has 1 spiro atoms. The van der Waals surface area contributed by atoms with E-state index < -0.39 is 5.41 Å². The van der Waals surface area contributed by atoms with Crippen molar-refractivity contribution in [3.63, 3.8) is 0 Å². The third-order valence-electron chi connectivity index (χ3n) is 13.7. The maximum atomic E-state index is 2.49. The molecule has 0 saturated heterocycles. The SMILES string of the molecule is c1ccc(-c2ccc(-c3ccc(N(c4ccc5c(c4)C4(c6ccccc6-c6ccccc64)c4ccccc4-5)c4ccc5c6ccccc6c6ccccc6c5c4)cc3)cc2)cc1. The summed E-state index contributed by atoms with van der Waals surface area (Å²) in [4.78, 5) is 2.47. The zero-order valence-electron chi connectivity index (χ0n) is 34.0. The van der Waals surface area contributed by atoms with E-state index in [1.165, 1.54) is 99.1 Å². The van der Waals surface area contributed by atoms with Crippen LogP contribution in [0.15, 0.2) is 237 Å². The molecule has 0 heterocycles. The van der Waals surface area contributed by atoms with Crippen LogP contribution >= 0.6 is 0 Å². The molecular weight excluding hydrogens is 747 g/mol. The summed E-state index contributed by atoms with van der Waals surface area (Å²) in [6, 6.07) is 87.8. The molecule has 13 rings (SSSR count). The molecule has 0 unspecified atom stereocenters. The van der Waals surface area contributed by atoms with Gasteiger partial charge in [-0.05, 0) is 135 Å². The van der Waals surface area contributed by atoms with Gasteiger partial charge in [-0.25, -0.2) is 0 Å². The predicted molar refractivity (Wildman–Crippen MR) is 261 cm³/mol. The smallest absolute Gasteiger partial charge is 0.0726 e. The monoisotopic (exact) mass is 785 g/mol. The first-order valence-electron chi connectivity index (χ1n) is 21.6. The molecule has 2 aliphatic carbocycles. The van der Waals surface area contributed by atoms with E-state index in [0.29, 0.717) is 0 Å². The van der Waals surface area contributed by atoms with Crippen molar-refractivity contribution >= 4 is 49.4 Å². The van der Waals surface area contributed by atoms with E-state index in [1.54, 1.807) is 0 Å². The molecule has 0 radical (unpaired) electrons. The fraction of sp³-hybridized carbons (Fsp3) is 0.0164. The van der Waals surface area contributed by atoms with Crippen molar-refractivity contribution in [3.8, 4) is 44.5 Å². The van der Waals surface area contributed by atoms with Gasteiger partial charge in [-0.1, -0.05) is 200 Å². The molecule has 0 aliphatic heterocycles. The average Bonchev–Trinajstić information content (AvgIpc) is 3.82. The molecule has 0 aromatic heterocycles. The minimum atomic E-state index is -0.435. The number of hydrogen-bond donors (Lipinski definition) is 0. The van der Waals surface area contributed by atoms with Crippen molar-refractivity contribution in [1.82, 2.24) is 0 Å². The number of hydrogen-bond acceptors (Lipinski definition) is 1. The highest BCUT2D eigenvalue weighted by Crippen LogP contribution is 2.63. The maximum Gasteiger partial charge on any atom is 0.0726 e. The van der Waals surface area contributed by atoms with Crippen LogP contribution in [-0.2, 0) is 5.41 Å². The molecule has 0 bridgehead atoms. The quantitative estimate of drug-likeness (QED) is 0.157. The van der Waals surface area contributed by atoms with Crippen LogP contribution in [0.2, 0.25) is 0 Å². The van der Waals surface area contributed by atoms with Gasteiger partial charge in [0.25, 0.3) is 0 Å². The molecule has 11 aromatic rings. The highest BCUT2D eigenvalue weighted by Gasteiger charge is 2.51. The van der Waals surface area contributed by atoms with Crippen LogP contribution < -0.4 is 4.90 Å². The minimum Gasteiger partial charge on any atom is -0.310 e. The van der Waals surface area contributed by atoms with Crippen LogP contribution in [0.3, 0.4) is 0 Å². The lowest BCUT2D eigenvalue weighted by Crippen LogP contribution is -2.26. The first-order chi connectivity index (χ1) is 30.8. The molecule has 1 nitrogen and oxygen atoms in total. The third kappa shape index (κ3) is 4.97. The van der Waals surface area contributed by atoms with E-state index in [9.17, 15) is 0 Å². The summed E-state index contributed by atoms with van der Waals surface area (Å²) in [6.45, 7) is 0. The lowest BCUT2D eigenvalue weighted by atomic mass is 9.70. The van der Waals surface area contributed by atoms with E-state index in [4.69, 9.17) is 0 Å². The molecule has 1 heteroatoms. The summed E-state index contributed by atoms with van der Waals surface area (Å²) in [6.07, 6.45) is 0. The van der Waals surface area contributed by atoms with Gasteiger partial charge in [-0.2, -0.15) is 0 Å². The third-order valence-corrected chi connectivity index (χ3v) is 13.7. The summed E-state index contributed by atoms with van der Waals surface area (Å²) >= 11 is 0. The Morgan fingerprint density at radius 2 is 0.581 bits per heavy atom. The molecular formula is C61H39N. The maximum absolute atomic E-state index is 2.49. The van der Waals surface area contributed by atoms with Crippen molar-refractivity contribution < 1.29 is 0 Å². The molecule has 11 aromatic carbocycles. The van der Waals surface area contributed by atoms with Crippen molar-refractivity contribution in [3.05, 3.63) is 259 Å². The van der Waals surface area contributed by atoms with Crippen LogP contribution in [0, 0.1) is 0 Å². The Morgan fingerprint density at radius 1 is 0.226 bits per heavy atom. The molecule has 62 heavy (non-hydrogen) atoms. The second-order valence-corrected chi connectivity index (χ2v) is 16.8. The highest BCUT2D eigenvalue weighted by atomic mass is 15.1. The second-order valence-electron chi connectivity index (χ2n) is 16.8. The van der Waals surface area contributed by atoms with E-state index in [2.05, 4.69) is 241 Å². The zero-order valence-corrected chi connectivity index (χ0v) is 34.0. The van der Waals surface area contributed by atoms with Crippen LogP contribution in [0.4, 0.5) is 17.1 Å². The fourth-order valence-corrected chi connectivity index (χ4v) is 11.0. The molecule has 0 amide bonds. The second kappa shape index (κ2) is 13.5. The van der Waals surface area contributed by atoms with Gasteiger partial charge in [0.05, 0.1) is 5.41 Å². The van der Waals surface area contributed by atoms with Gasteiger partial charge in [-0.3, -0.25) is 0 Å². The first kappa shape index (κ1) is 34.8. The molecule has 0 saturated carbocycles.